The molecule has 0 aliphatic carbocycles. The minimum Gasteiger partial charge on any atom is -0.395 e. The van der Waals surface area contributed by atoms with E-state index in [0.717, 1.165) is 4.90 Å². The van der Waals surface area contributed by atoms with Crippen molar-refractivity contribution in [3.05, 3.63) is 0 Å². The quantitative estimate of drug-likeness (QED) is 0.706. The number of halogens is 3. The van der Waals surface area contributed by atoms with Gasteiger partial charge in [0, 0.05) is 19.5 Å². The number of aliphatic hydroxyl groups is 1. The average molecular weight is 196 g/mol. The van der Waals surface area contributed by atoms with Crippen molar-refractivity contribution in [2.45, 2.75) is 12.6 Å². The van der Waals surface area contributed by atoms with Crippen molar-refractivity contribution in [2.24, 2.45) is 0 Å². The number of alkyl halides is 3. The van der Waals surface area contributed by atoms with Gasteiger partial charge in [0.2, 0.25) is 0 Å². The van der Waals surface area contributed by atoms with Gasteiger partial charge in [-0.25, -0.2) is 0 Å². The van der Waals surface area contributed by atoms with E-state index in [1.165, 1.54) is 0 Å². The van der Waals surface area contributed by atoms with Crippen LogP contribution in [0.2, 0.25) is 0 Å². The molecule has 0 radical (unpaired) electrons. The summed E-state index contributed by atoms with van der Waals surface area (Å²) in [7, 11) is 0. The lowest BCUT2D eigenvalue weighted by atomic mass is 10.4. The van der Waals surface area contributed by atoms with E-state index >= 15 is 0 Å². The van der Waals surface area contributed by atoms with Crippen LogP contribution >= 0.6 is 0 Å². The SMILES string of the molecule is N#CCCN(CCO)CC(F)(F)F. The maximum absolute atomic E-state index is 11.9. The first-order valence-electron chi connectivity index (χ1n) is 3.76. The molecule has 0 spiro atoms. The van der Waals surface area contributed by atoms with Gasteiger partial charge in [0.25, 0.3) is 0 Å². The molecule has 13 heavy (non-hydrogen) atoms. The minimum absolute atomic E-state index is 0.0378. The van der Waals surface area contributed by atoms with Gasteiger partial charge in [0.05, 0.1) is 19.2 Å². The van der Waals surface area contributed by atoms with Crippen molar-refractivity contribution in [1.82, 2.24) is 4.90 Å². The largest absolute Gasteiger partial charge is 0.401 e. The van der Waals surface area contributed by atoms with E-state index in [2.05, 4.69) is 0 Å². The zero-order chi connectivity index (χ0) is 10.3. The highest BCUT2D eigenvalue weighted by molar-refractivity contribution is 4.73. The summed E-state index contributed by atoms with van der Waals surface area (Å²) >= 11 is 0. The molecule has 0 aliphatic rings. The second kappa shape index (κ2) is 5.78. The van der Waals surface area contributed by atoms with Gasteiger partial charge in [-0.1, -0.05) is 0 Å². The molecule has 0 aromatic carbocycles. The van der Waals surface area contributed by atoms with Gasteiger partial charge in [-0.15, -0.1) is 0 Å². The van der Waals surface area contributed by atoms with Crippen LogP contribution in [0.4, 0.5) is 13.2 Å². The van der Waals surface area contributed by atoms with Crippen LogP contribution in [0.15, 0.2) is 0 Å². The molecule has 0 rings (SSSR count). The second-order valence-corrected chi connectivity index (χ2v) is 2.52. The molecule has 0 atom stereocenters. The third kappa shape index (κ3) is 7.56. The van der Waals surface area contributed by atoms with Crippen LogP contribution in [0.3, 0.4) is 0 Å². The molecular formula is C7H11F3N2O. The van der Waals surface area contributed by atoms with E-state index in [0.29, 0.717) is 0 Å². The van der Waals surface area contributed by atoms with Gasteiger partial charge in [-0.3, -0.25) is 4.90 Å². The first-order valence-corrected chi connectivity index (χ1v) is 3.76. The molecule has 0 amide bonds. The number of hydrogen-bond donors (Lipinski definition) is 1. The molecule has 0 aliphatic heterocycles. The Balaban J connectivity index is 3.88. The summed E-state index contributed by atoms with van der Waals surface area (Å²) in [6.45, 7) is -1.42. The Morgan fingerprint density at radius 3 is 2.31 bits per heavy atom. The normalized spacial score (nSPS) is 11.7. The van der Waals surface area contributed by atoms with Crippen molar-refractivity contribution in [3.63, 3.8) is 0 Å². The molecule has 0 aromatic heterocycles. The zero-order valence-corrected chi connectivity index (χ0v) is 7.01. The maximum atomic E-state index is 11.9. The lowest BCUT2D eigenvalue weighted by Crippen LogP contribution is -2.36. The Morgan fingerprint density at radius 1 is 1.31 bits per heavy atom. The van der Waals surface area contributed by atoms with Crippen molar-refractivity contribution in [1.29, 1.82) is 5.26 Å². The predicted octanol–water partition coefficient (Wildman–Crippen LogP) is 0.757. The van der Waals surface area contributed by atoms with Crippen LogP contribution in [-0.4, -0.2) is 42.4 Å². The molecule has 1 N–H and O–H groups in total. The number of aliphatic hydroxyl groups excluding tert-OH is 1. The summed E-state index contributed by atoms with van der Waals surface area (Å²) in [5.41, 5.74) is 0. The van der Waals surface area contributed by atoms with Crippen molar-refractivity contribution in [3.8, 4) is 6.07 Å². The molecule has 0 fully saturated rings. The van der Waals surface area contributed by atoms with Crippen LogP contribution in [0.5, 0.6) is 0 Å². The van der Waals surface area contributed by atoms with Gasteiger partial charge in [-0.05, 0) is 0 Å². The number of nitrogens with zero attached hydrogens (tertiary/aromatic N) is 2. The lowest BCUT2D eigenvalue weighted by Gasteiger charge is -2.21. The lowest BCUT2D eigenvalue weighted by molar-refractivity contribution is -0.146. The second-order valence-electron chi connectivity index (χ2n) is 2.52. The van der Waals surface area contributed by atoms with Crippen molar-refractivity contribution < 1.29 is 18.3 Å². The van der Waals surface area contributed by atoms with Gasteiger partial charge < -0.3 is 5.11 Å². The van der Waals surface area contributed by atoms with Crippen LogP contribution in [0.25, 0.3) is 0 Å². The van der Waals surface area contributed by atoms with Gasteiger partial charge in [0.1, 0.15) is 0 Å². The highest BCUT2D eigenvalue weighted by Gasteiger charge is 2.30. The third-order valence-electron chi connectivity index (χ3n) is 1.36. The van der Waals surface area contributed by atoms with Gasteiger partial charge in [0.15, 0.2) is 0 Å². The molecule has 0 unspecified atom stereocenters. The fourth-order valence-electron chi connectivity index (χ4n) is 0.873. The van der Waals surface area contributed by atoms with Crippen LogP contribution in [0.1, 0.15) is 6.42 Å². The summed E-state index contributed by atoms with van der Waals surface area (Å²) in [5.74, 6) is 0. The Bertz CT molecular complexity index is 176. The maximum Gasteiger partial charge on any atom is 0.401 e. The Kier molecular flexibility index (Phi) is 5.42. The molecule has 0 saturated heterocycles. The van der Waals surface area contributed by atoms with Gasteiger partial charge in [-0.2, -0.15) is 18.4 Å². The molecule has 0 heterocycles. The van der Waals surface area contributed by atoms with Crippen LogP contribution in [-0.2, 0) is 0 Å². The molecule has 76 valence electrons. The molecule has 3 nitrogen and oxygen atoms in total. The minimum atomic E-state index is -4.27. The molecule has 6 heteroatoms. The number of nitriles is 1. The molecule has 0 saturated carbocycles. The summed E-state index contributed by atoms with van der Waals surface area (Å²) < 4.78 is 35.6. The zero-order valence-electron chi connectivity index (χ0n) is 7.01. The smallest absolute Gasteiger partial charge is 0.395 e. The van der Waals surface area contributed by atoms with Crippen molar-refractivity contribution >= 4 is 0 Å². The van der Waals surface area contributed by atoms with E-state index in [1.54, 1.807) is 6.07 Å². The fraction of sp³-hybridized carbons (Fsp3) is 0.857. The highest BCUT2D eigenvalue weighted by atomic mass is 19.4. The van der Waals surface area contributed by atoms with Crippen LogP contribution < -0.4 is 0 Å². The molecular weight excluding hydrogens is 185 g/mol. The van der Waals surface area contributed by atoms with E-state index in [1.807, 2.05) is 0 Å². The summed E-state index contributed by atoms with van der Waals surface area (Å²) in [6.07, 6.45) is -4.24. The average Bonchev–Trinajstić information content (AvgIpc) is 1.98. The Labute approximate surface area is 74.4 Å². The monoisotopic (exact) mass is 196 g/mol. The standard InChI is InChI=1S/C7H11F3N2O/c8-7(9,10)6-12(4-5-13)3-1-2-11/h13H,1,3-6H2. The Morgan fingerprint density at radius 2 is 1.92 bits per heavy atom. The summed E-state index contributed by atoms with van der Waals surface area (Å²) in [6, 6.07) is 1.75. The van der Waals surface area contributed by atoms with E-state index < -0.39 is 12.7 Å². The third-order valence-corrected chi connectivity index (χ3v) is 1.36. The van der Waals surface area contributed by atoms with E-state index in [9.17, 15) is 13.2 Å². The van der Waals surface area contributed by atoms with Crippen LogP contribution in [0, 0.1) is 11.3 Å². The first-order chi connectivity index (χ1) is 5.99. The van der Waals surface area contributed by atoms with Gasteiger partial charge >= 0.3 is 6.18 Å². The summed E-state index contributed by atoms with van der Waals surface area (Å²) in [4.78, 5) is 1.00. The predicted molar refractivity (Wildman–Crippen MR) is 39.8 cm³/mol. The topological polar surface area (TPSA) is 47.3 Å². The molecule has 0 bridgehead atoms. The van der Waals surface area contributed by atoms with E-state index in [-0.39, 0.29) is 26.1 Å². The number of rotatable bonds is 5. The molecule has 0 aromatic rings. The summed E-state index contributed by atoms with van der Waals surface area (Å²) in [5, 5.41) is 16.6. The Hall–Kier alpha value is -0.800. The number of hydrogen-bond acceptors (Lipinski definition) is 3. The first kappa shape index (κ1) is 12.2. The highest BCUT2D eigenvalue weighted by Crippen LogP contribution is 2.16. The van der Waals surface area contributed by atoms with Crippen molar-refractivity contribution in [2.75, 3.05) is 26.2 Å². The van der Waals surface area contributed by atoms with E-state index in [4.69, 9.17) is 10.4 Å². The fourth-order valence-corrected chi connectivity index (χ4v) is 0.873.